The average Bonchev–Trinajstić information content (AvgIpc) is 2.52. The predicted molar refractivity (Wildman–Crippen MR) is 82.9 cm³/mol. The first-order valence-electron chi connectivity index (χ1n) is 7.15. The average molecular weight is 294 g/mol. The Morgan fingerprint density at radius 1 is 1.33 bits per heavy atom. The third-order valence-electron chi connectivity index (χ3n) is 3.73. The van der Waals surface area contributed by atoms with Crippen LogP contribution in [0.1, 0.15) is 19.4 Å². The SMILES string of the molecule is CCN(CC(N)(C(=O)OC)c1ccccc1)C(C)COC. The first-order chi connectivity index (χ1) is 9.99. The Bertz CT molecular complexity index is 438. The minimum absolute atomic E-state index is 0.163. The van der Waals surface area contributed by atoms with Crippen LogP contribution in [-0.2, 0) is 19.8 Å². The Morgan fingerprint density at radius 3 is 2.43 bits per heavy atom. The molecule has 0 saturated heterocycles. The fourth-order valence-corrected chi connectivity index (χ4v) is 2.44. The van der Waals surface area contributed by atoms with Crippen LogP contribution in [0.15, 0.2) is 30.3 Å². The first-order valence-corrected chi connectivity index (χ1v) is 7.15. The van der Waals surface area contributed by atoms with Crippen LogP contribution in [-0.4, -0.2) is 50.8 Å². The summed E-state index contributed by atoms with van der Waals surface area (Å²) in [6, 6.07) is 9.50. The van der Waals surface area contributed by atoms with Gasteiger partial charge >= 0.3 is 5.97 Å². The van der Waals surface area contributed by atoms with Crippen molar-refractivity contribution in [2.24, 2.45) is 5.73 Å². The van der Waals surface area contributed by atoms with Crippen LogP contribution in [0.4, 0.5) is 0 Å². The Balaban J connectivity index is 3.06. The molecule has 1 rings (SSSR count). The fourth-order valence-electron chi connectivity index (χ4n) is 2.44. The Kier molecular flexibility index (Phi) is 6.81. The van der Waals surface area contributed by atoms with E-state index >= 15 is 0 Å². The van der Waals surface area contributed by atoms with Crippen LogP contribution >= 0.6 is 0 Å². The van der Waals surface area contributed by atoms with Gasteiger partial charge in [-0.15, -0.1) is 0 Å². The molecule has 0 aliphatic heterocycles. The number of hydrogen-bond acceptors (Lipinski definition) is 5. The third kappa shape index (κ3) is 4.27. The molecule has 1 aromatic rings. The number of rotatable bonds is 8. The minimum Gasteiger partial charge on any atom is -0.467 e. The summed E-state index contributed by atoms with van der Waals surface area (Å²) in [6.07, 6.45) is 0. The van der Waals surface area contributed by atoms with Gasteiger partial charge in [0.2, 0.25) is 0 Å². The Labute approximate surface area is 127 Å². The van der Waals surface area contributed by atoms with Gasteiger partial charge in [0.1, 0.15) is 0 Å². The van der Waals surface area contributed by atoms with Crippen molar-refractivity contribution in [1.29, 1.82) is 0 Å². The topological polar surface area (TPSA) is 64.8 Å². The van der Waals surface area contributed by atoms with Crippen molar-refractivity contribution in [3.8, 4) is 0 Å². The van der Waals surface area contributed by atoms with Crippen molar-refractivity contribution in [3.05, 3.63) is 35.9 Å². The fraction of sp³-hybridized carbons (Fsp3) is 0.562. The van der Waals surface area contributed by atoms with Crippen molar-refractivity contribution in [2.75, 3.05) is 33.9 Å². The molecule has 2 N–H and O–H groups in total. The maximum Gasteiger partial charge on any atom is 0.331 e. The highest BCUT2D eigenvalue weighted by molar-refractivity contribution is 5.82. The van der Waals surface area contributed by atoms with Crippen LogP contribution in [0.25, 0.3) is 0 Å². The molecule has 5 nitrogen and oxygen atoms in total. The number of nitrogens with two attached hydrogens (primary N) is 1. The highest BCUT2D eigenvalue weighted by Crippen LogP contribution is 2.22. The van der Waals surface area contributed by atoms with Crippen LogP contribution in [0.3, 0.4) is 0 Å². The summed E-state index contributed by atoms with van der Waals surface area (Å²) in [5, 5.41) is 0. The van der Waals surface area contributed by atoms with Gasteiger partial charge in [0, 0.05) is 19.7 Å². The largest absolute Gasteiger partial charge is 0.467 e. The van der Waals surface area contributed by atoms with E-state index in [0.717, 1.165) is 12.1 Å². The smallest absolute Gasteiger partial charge is 0.331 e. The number of esters is 1. The van der Waals surface area contributed by atoms with Gasteiger partial charge in [-0.1, -0.05) is 37.3 Å². The number of benzene rings is 1. The number of likely N-dealkylation sites (N-methyl/N-ethyl adjacent to an activating group) is 1. The van der Waals surface area contributed by atoms with E-state index in [9.17, 15) is 4.79 Å². The highest BCUT2D eigenvalue weighted by atomic mass is 16.5. The summed E-state index contributed by atoms with van der Waals surface area (Å²) in [7, 11) is 3.03. The summed E-state index contributed by atoms with van der Waals surface area (Å²) >= 11 is 0. The Morgan fingerprint density at radius 2 is 1.95 bits per heavy atom. The lowest BCUT2D eigenvalue weighted by molar-refractivity contribution is -0.148. The van der Waals surface area contributed by atoms with Crippen molar-refractivity contribution < 1.29 is 14.3 Å². The van der Waals surface area contributed by atoms with E-state index < -0.39 is 11.5 Å². The normalized spacial score (nSPS) is 15.5. The molecular formula is C16H26N2O3. The molecule has 0 spiro atoms. The zero-order valence-corrected chi connectivity index (χ0v) is 13.3. The van der Waals surface area contributed by atoms with Gasteiger partial charge < -0.3 is 15.2 Å². The molecule has 0 fully saturated rings. The van der Waals surface area contributed by atoms with E-state index in [1.54, 1.807) is 7.11 Å². The summed E-state index contributed by atoms with van der Waals surface area (Å²) in [6.45, 7) is 5.82. The summed E-state index contributed by atoms with van der Waals surface area (Å²) in [4.78, 5) is 14.4. The van der Waals surface area contributed by atoms with Gasteiger partial charge in [-0.2, -0.15) is 0 Å². The molecule has 0 bridgehead atoms. The Hall–Kier alpha value is -1.43. The van der Waals surface area contributed by atoms with Crippen LogP contribution in [0.5, 0.6) is 0 Å². The maximum absolute atomic E-state index is 12.3. The molecule has 5 heteroatoms. The summed E-state index contributed by atoms with van der Waals surface area (Å²) in [5.74, 6) is -0.434. The lowest BCUT2D eigenvalue weighted by Gasteiger charge is -2.36. The van der Waals surface area contributed by atoms with E-state index in [1.165, 1.54) is 7.11 Å². The van der Waals surface area contributed by atoms with Crippen molar-refractivity contribution in [2.45, 2.75) is 25.4 Å². The molecule has 0 aromatic heterocycles. The molecule has 21 heavy (non-hydrogen) atoms. The van der Waals surface area contributed by atoms with Gasteiger partial charge in [-0.3, -0.25) is 4.90 Å². The first kappa shape index (κ1) is 17.6. The molecule has 0 amide bonds. The second-order valence-electron chi connectivity index (χ2n) is 5.20. The van der Waals surface area contributed by atoms with E-state index in [1.807, 2.05) is 37.3 Å². The van der Waals surface area contributed by atoms with Gasteiger partial charge in [0.15, 0.2) is 5.54 Å². The quantitative estimate of drug-likeness (QED) is 0.734. The molecular weight excluding hydrogens is 268 g/mol. The minimum atomic E-state index is -1.19. The number of nitrogens with zero attached hydrogens (tertiary/aromatic N) is 1. The van der Waals surface area contributed by atoms with E-state index in [2.05, 4.69) is 11.8 Å². The van der Waals surface area contributed by atoms with Gasteiger partial charge in [0.05, 0.1) is 13.7 Å². The molecule has 2 unspecified atom stereocenters. The lowest BCUT2D eigenvalue weighted by atomic mass is 9.90. The van der Waals surface area contributed by atoms with Gasteiger partial charge in [0.25, 0.3) is 0 Å². The van der Waals surface area contributed by atoms with Gasteiger partial charge in [-0.05, 0) is 19.0 Å². The van der Waals surface area contributed by atoms with Crippen LogP contribution in [0.2, 0.25) is 0 Å². The molecule has 0 radical (unpaired) electrons. The maximum atomic E-state index is 12.3. The molecule has 0 heterocycles. The molecule has 0 aliphatic carbocycles. The third-order valence-corrected chi connectivity index (χ3v) is 3.73. The predicted octanol–water partition coefficient (Wildman–Crippen LogP) is 1.37. The van der Waals surface area contributed by atoms with E-state index in [-0.39, 0.29) is 6.04 Å². The summed E-state index contributed by atoms with van der Waals surface area (Å²) < 4.78 is 10.1. The second kappa shape index (κ2) is 8.12. The monoisotopic (exact) mass is 294 g/mol. The summed E-state index contributed by atoms with van der Waals surface area (Å²) in [5.41, 5.74) is 5.99. The van der Waals surface area contributed by atoms with Crippen LogP contribution in [0, 0.1) is 0 Å². The van der Waals surface area contributed by atoms with Crippen LogP contribution < -0.4 is 5.73 Å². The van der Waals surface area contributed by atoms with Crippen molar-refractivity contribution in [1.82, 2.24) is 4.90 Å². The molecule has 0 aliphatic rings. The zero-order valence-electron chi connectivity index (χ0n) is 13.3. The highest BCUT2D eigenvalue weighted by Gasteiger charge is 2.39. The molecule has 1 aromatic carbocycles. The molecule has 2 atom stereocenters. The molecule has 0 saturated carbocycles. The molecule has 118 valence electrons. The number of carbonyl (C=O) groups excluding carboxylic acids is 1. The lowest BCUT2D eigenvalue weighted by Crippen LogP contribution is -2.56. The van der Waals surface area contributed by atoms with Crippen molar-refractivity contribution in [3.63, 3.8) is 0 Å². The van der Waals surface area contributed by atoms with Crippen molar-refractivity contribution >= 4 is 5.97 Å². The standard InChI is InChI=1S/C16H26N2O3/c1-5-18(13(2)11-20-3)12-16(17,15(19)21-4)14-9-7-6-8-10-14/h6-10,13H,5,11-12,17H2,1-4H3. The zero-order chi connectivity index (χ0) is 15.9. The number of ether oxygens (including phenoxy) is 2. The number of carbonyl (C=O) groups is 1. The number of methoxy groups -OCH3 is 2. The van der Waals surface area contributed by atoms with E-state index in [4.69, 9.17) is 15.2 Å². The number of hydrogen-bond donors (Lipinski definition) is 1. The second-order valence-corrected chi connectivity index (χ2v) is 5.20. The van der Waals surface area contributed by atoms with E-state index in [0.29, 0.717) is 13.2 Å². The van der Waals surface area contributed by atoms with Gasteiger partial charge in [-0.25, -0.2) is 4.79 Å².